The Labute approximate surface area is 81.3 Å². The lowest BCUT2D eigenvalue weighted by Gasteiger charge is -2.42. The van der Waals surface area contributed by atoms with Crippen LogP contribution in [0.2, 0.25) is 0 Å². The van der Waals surface area contributed by atoms with Crippen molar-refractivity contribution in [3.05, 3.63) is 0 Å². The monoisotopic (exact) mass is 221 g/mol. The van der Waals surface area contributed by atoms with Crippen LogP contribution in [0, 0.1) is 0 Å². The van der Waals surface area contributed by atoms with Gasteiger partial charge in [0.1, 0.15) is 6.54 Å². The summed E-state index contributed by atoms with van der Waals surface area (Å²) in [6.45, 7) is 2.03. The quantitative estimate of drug-likeness (QED) is 0.316. The van der Waals surface area contributed by atoms with Crippen LogP contribution in [0.4, 0.5) is 0 Å². The maximum absolute atomic E-state index is 11.4. The highest BCUT2D eigenvalue weighted by Crippen LogP contribution is 2.34. The van der Waals surface area contributed by atoms with Crippen molar-refractivity contribution in [1.29, 1.82) is 0 Å². The summed E-state index contributed by atoms with van der Waals surface area (Å²) in [6, 6.07) is 0. The minimum Gasteiger partial charge on any atom is -0.293 e. The Balaban J connectivity index is 2.87. The molecule has 0 unspecified atom stereocenters. The molecule has 8 heteroatoms. The van der Waals surface area contributed by atoms with Crippen LogP contribution in [0.1, 0.15) is 13.8 Å². The van der Waals surface area contributed by atoms with Gasteiger partial charge in [0.2, 0.25) is 0 Å². The van der Waals surface area contributed by atoms with Crippen molar-refractivity contribution in [1.82, 2.24) is 9.73 Å². The second-order valence-corrected chi connectivity index (χ2v) is 5.81. The fourth-order valence-electron chi connectivity index (χ4n) is 1.09. The number of rotatable bonds is 2. The van der Waals surface area contributed by atoms with E-state index in [0.29, 0.717) is 4.31 Å². The van der Waals surface area contributed by atoms with E-state index >= 15 is 0 Å². The molecule has 0 aromatic rings. The maximum atomic E-state index is 11.4. The van der Waals surface area contributed by atoms with E-state index in [2.05, 4.69) is 0 Å². The van der Waals surface area contributed by atoms with Crippen molar-refractivity contribution in [2.45, 2.75) is 18.6 Å². The van der Waals surface area contributed by atoms with Gasteiger partial charge >= 0.3 is 0 Å². The van der Waals surface area contributed by atoms with Gasteiger partial charge in [-0.05, 0) is 13.8 Å². The summed E-state index contributed by atoms with van der Waals surface area (Å²) in [5, 5.41) is 0. The lowest BCUT2D eigenvalue weighted by Crippen LogP contribution is -2.68. The summed E-state index contributed by atoms with van der Waals surface area (Å²) < 4.78 is 21.9. The number of sulfonamides is 1. The molecule has 1 saturated heterocycles. The molecule has 0 bridgehead atoms. The van der Waals surface area contributed by atoms with Crippen molar-refractivity contribution >= 4 is 21.8 Å². The fourth-order valence-corrected chi connectivity index (χ4v) is 2.57. The van der Waals surface area contributed by atoms with E-state index in [1.165, 1.54) is 13.8 Å². The summed E-state index contributed by atoms with van der Waals surface area (Å²) in [7, 11) is -3.69. The highest BCUT2D eigenvalue weighted by Gasteiger charge is 2.60. The van der Waals surface area contributed by atoms with E-state index in [-0.39, 0.29) is 0 Å². The molecule has 0 spiro atoms. The first kappa shape index (κ1) is 10.9. The molecule has 80 valence electrons. The maximum Gasteiger partial charge on any atom is 0.259 e. The number of nitrogens with zero attached hydrogens (tertiary/aromatic N) is 1. The van der Waals surface area contributed by atoms with Gasteiger partial charge in [-0.15, -0.1) is 0 Å². The van der Waals surface area contributed by atoms with Crippen LogP contribution in [-0.4, -0.2) is 35.8 Å². The Morgan fingerprint density at radius 2 is 2.07 bits per heavy atom. The molecule has 0 atom stereocenters. The first-order chi connectivity index (χ1) is 6.25. The van der Waals surface area contributed by atoms with Crippen LogP contribution in [0.5, 0.6) is 0 Å². The first-order valence-corrected chi connectivity index (χ1v) is 5.25. The number of amides is 2. The summed E-state index contributed by atoms with van der Waals surface area (Å²) >= 11 is 0. The lowest BCUT2D eigenvalue weighted by atomic mass is 10.2. The third kappa shape index (κ3) is 1.18. The molecule has 1 rings (SSSR count). The molecule has 1 heterocycles. The topological polar surface area (TPSA) is 110 Å². The normalized spacial score (nSPS) is 22.8. The van der Waals surface area contributed by atoms with Crippen LogP contribution in [0.15, 0.2) is 0 Å². The van der Waals surface area contributed by atoms with Crippen LogP contribution < -0.4 is 11.3 Å². The fraction of sp³-hybridized carbons (Fsp3) is 0.667. The smallest absolute Gasteiger partial charge is 0.259 e. The molecule has 1 aliphatic heterocycles. The van der Waals surface area contributed by atoms with Gasteiger partial charge in [-0.25, -0.2) is 18.6 Å². The Bertz CT molecular complexity index is 386. The molecule has 3 N–H and O–H groups in total. The molecule has 0 aliphatic carbocycles. The van der Waals surface area contributed by atoms with Crippen molar-refractivity contribution in [2.24, 2.45) is 5.84 Å². The van der Waals surface area contributed by atoms with E-state index in [4.69, 9.17) is 5.84 Å². The van der Waals surface area contributed by atoms with Gasteiger partial charge in [0.15, 0.2) is 4.75 Å². The van der Waals surface area contributed by atoms with Crippen molar-refractivity contribution in [2.75, 3.05) is 6.54 Å². The third-order valence-electron chi connectivity index (χ3n) is 2.12. The standard InChI is InChI=1S/C6H11N3O4S/c1-6(2)5(11)9(14(6,12)13)3-4(10)8-7/h3,7H2,1-2H3,(H,8,10). The molecule has 0 saturated carbocycles. The molecule has 7 nitrogen and oxygen atoms in total. The lowest BCUT2D eigenvalue weighted by molar-refractivity contribution is -0.136. The number of nitrogens with two attached hydrogens (primary N) is 1. The van der Waals surface area contributed by atoms with E-state index < -0.39 is 33.1 Å². The zero-order valence-electron chi connectivity index (χ0n) is 7.77. The van der Waals surface area contributed by atoms with E-state index in [0.717, 1.165) is 0 Å². The number of nitrogens with one attached hydrogen (secondary N) is 1. The zero-order valence-corrected chi connectivity index (χ0v) is 8.59. The van der Waals surface area contributed by atoms with Crippen molar-refractivity contribution in [3.63, 3.8) is 0 Å². The molecule has 2 amide bonds. The van der Waals surface area contributed by atoms with Crippen LogP contribution >= 0.6 is 0 Å². The second-order valence-electron chi connectivity index (χ2n) is 3.39. The predicted molar refractivity (Wildman–Crippen MR) is 47.0 cm³/mol. The number of carbonyl (C=O) groups excluding carboxylic acids is 2. The van der Waals surface area contributed by atoms with E-state index in [1.54, 1.807) is 5.43 Å². The van der Waals surface area contributed by atoms with Gasteiger partial charge in [0.25, 0.3) is 21.8 Å². The first-order valence-electron chi connectivity index (χ1n) is 3.81. The molecule has 0 aromatic heterocycles. The number of hydrazine groups is 1. The van der Waals surface area contributed by atoms with Gasteiger partial charge in [-0.2, -0.15) is 0 Å². The number of hydrogen-bond donors (Lipinski definition) is 2. The average molecular weight is 221 g/mol. The molecule has 1 fully saturated rings. The minimum atomic E-state index is -3.69. The number of hydrogen-bond acceptors (Lipinski definition) is 5. The summed E-state index contributed by atoms with van der Waals surface area (Å²) in [5.74, 6) is 3.45. The van der Waals surface area contributed by atoms with Crippen LogP contribution in [-0.2, 0) is 19.6 Å². The van der Waals surface area contributed by atoms with Crippen LogP contribution in [0.3, 0.4) is 0 Å². The Morgan fingerprint density at radius 3 is 2.43 bits per heavy atom. The highest BCUT2D eigenvalue weighted by atomic mass is 32.2. The van der Waals surface area contributed by atoms with Crippen molar-refractivity contribution in [3.8, 4) is 0 Å². The second kappa shape index (κ2) is 2.92. The molecule has 14 heavy (non-hydrogen) atoms. The molecule has 1 aliphatic rings. The Morgan fingerprint density at radius 1 is 1.57 bits per heavy atom. The molecular weight excluding hydrogens is 210 g/mol. The van der Waals surface area contributed by atoms with Gasteiger partial charge in [0, 0.05) is 0 Å². The summed E-state index contributed by atoms with van der Waals surface area (Å²) in [6.07, 6.45) is 0. The number of carbonyl (C=O) groups is 2. The Kier molecular flexibility index (Phi) is 2.28. The molecular formula is C6H11N3O4S. The minimum absolute atomic E-state index is 0.509. The average Bonchev–Trinajstić information content (AvgIpc) is 2.12. The summed E-state index contributed by atoms with van der Waals surface area (Å²) in [5.41, 5.74) is 1.75. The molecule has 0 radical (unpaired) electrons. The van der Waals surface area contributed by atoms with E-state index in [9.17, 15) is 18.0 Å². The van der Waals surface area contributed by atoms with Crippen LogP contribution in [0.25, 0.3) is 0 Å². The predicted octanol–water partition coefficient (Wildman–Crippen LogP) is -2.07. The highest BCUT2D eigenvalue weighted by molar-refractivity contribution is 7.94. The molecule has 0 aromatic carbocycles. The Hall–Kier alpha value is -1.15. The van der Waals surface area contributed by atoms with Gasteiger partial charge in [0.05, 0.1) is 0 Å². The zero-order chi connectivity index (χ0) is 11.1. The van der Waals surface area contributed by atoms with E-state index in [1.807, 2.05) is 0 Å². The van der Waals surface area contributed by atoms with Gasteiger partial charge in [-0.3, -0.25) is 15.0 Å². The van der Waals surface area contributed by atoms with Gasteiger partial charge in [-0.1, -0.05) is 0 Å². The SMILES string of the molecule is CC1(C)C(=O)N(CC(=O)NN)S1(=O)=O. The summed E-state index contributed by atoms with van der Waals surface area (Å²) in [4.78, 5) is 22.0. The largest absolute Gasteiger partial charge is 0.293 e. The van der Waals surface area contributed by atoms with Gasteiger partial charge < -0.3 is 0 Å². The third-order valence-corrected chi connectivity index (χ3v) is 4.46. The van der Waals surface area contributed by atoms with Crippen molar-refractivity contribution < 1.29 is 18.0 Å².